The maximum atomic E-state index is 4.75. The van der Waals surface area contributed by atoms with Crippen molar-refractivity contribution in [1.82, 2.24) is 10.3 Å². The van der Waals surface area contributed by atoms with Crippen LogP contribution in [0.1, 0.15) is 44.0 Å². The van der Waals surface area contributed by atoms with E-state index in [4.69, 9.17) is 4.98 Å². The highest BCUT2D eigenvalue weighted by Gasteiger charge is 2.19. The van der Waals surface area contributed by atoms with Gasteiger partial charge in [-0.1, -0.05) is 49.6 Å². The van der Waals surface area contributed by atoms with E-state index in [9.17, 15) is 0 Å². The van der Waals surface area contributed by atoms with Crippen molar-refractivity contribution in [2.45, 2.75) is 51.6 Å². The molecule has 0 aliphatic heterocycles. The Morgan fingerprint density at radius 1 is 1.19 bits per heavy atom. The summed E-state index contributed by atoms with van der Waals surface area (Å²) in [5.74, 6) is 0.854. The average Bonchev–Trinajstić information content (AvgIpc) is 3.03. The lowest BCUT2D eigenvalue weighted by molar-refractivity contribution is 0.280. The number of hydrogen-bond acceptors (Lipinski definition) is 3. The summed E-state index contributed by atoms with van der Waals surface area (Å²) >= 11 is 1.76. The van der Waals surface area contributed by atoms with Crippen LogP contribution >= 0.6 is 11.3 Å². The normalized spacial score (nSPS) is 17.8. The van der Waals surface area contributed by atoms with Crippen molar-refractivity contribution in [3.63, 3.8) is 0 Å². The fourth-order valence-corrected chi connectivity index (χ4v) is 3.94. The van der Waals surface area contributed by atoms with Gasteiger partial charge in [0.2, 0.25) is 0 Å². The lowest BCUT2D eigenvalue weighted by Gasteiger charge is -2.28. The number of rotatable bonds is 5. The SMILES string of the molecule is C[C@H](NCc1nc(-c2ccccc2)cs1)C1CCCCC1. The number of nitrogens with one attached hydrogen (secondary N) is 1. The fraction of sp³-hybridized carbons (Fsp3) is 0.500. The Bertz CT molecular complexity index is 543. The molecule has 1 fully saturated rings. The number of hydrogen-bond donors (Lipinski definition) is 1. The Morgan fingerprint density at radius 3 is 2.71 bits per heavy atom. The van der Waals surface area contributed by atoms with Gasteiger partial charge in [0.15, 0.2) is 0 Å². The highest BCUT2D eigenvalue weighted by molar-refractivity contribution is 7.09. The Kier molecular flexibility index (Phi) is 5.04. The zero-order valence-corrected chi connectivity index (χ0v) is 13.5. The first-order valence-corrected chi connectivity index (χ1v) is 8.94. The molecule has 0 amide bonds. The lowest BCUT2D eigenvalue weighted by Crippen LogP contribution is -2.34. The van der Waals surface area contributed by atoms with E-state index in [-0.39, 0.29) is 0 Å². The molecule has 0 saturated heterocycles. The van der Waals surface area contributed by atoms with Crippen LogP contribution in [-0.2, 0) is 6.54 Å². The fourth-order valence-electron chi connectivity index (χ4n) is 3.18. The smallest absolute Gasteiger partial charge is 0.107 e. The van der Waals surface area contributed by atoms with Crippen LogP contribution in [0.5, 0.6) is 0 Å². The third-order valence-corrected chi connectivity index (χ3v) is 5.40. The molecule has 1 N–H and O–H groups in total. The molecule has 21 heavy (non-hydrogen) atoms. The summed E-state index contributed by atoms with van der Waals surface area (Å²) in [7, 11) is 0. The minimum atomic E-state index is 0.606. The van der Waals surface area contributed by atoms with Gasteiger partial charge >= 0.3 is 0 Å². The van der Waals surface area contributed by atoms with Gasteiger partial charge in [-0.15, -0.1) is 11.3 Å². The molecule has 1 aliphatic carbocycles. The highest BCUT2D eigenvalue weighted by Crippen LogP contribution is 2.27. The van der Waals surface area contributed by atoms with Crippen LogP contribution in [0.25, 0.3) is 11.3 Å². The van der Waals surface area contributed by atoms with E-state index in [0.29, 0.717) is 6.04 Å². The first kappa shape index (κ1) is 14.7. The maximum absolute atomic E-state index is 4.75. The molecule has 112 valence electrons. The van der Waals surface area contributed by atoms with E-state index in [0.717, 1.165) is 18.2 Å². The lowest BCUT2D eigenvalue weighted by atomic mass is 9.84. The third-order valence-electron chi connectivity index (χ3n) is 4.55. The molecule has 0 radical (unpaired) electrons. The molecule has 0 spiro atoms. The number of benzene rings is 1. The van der Waals surface area contributed by atoms with Crippen LogP contribution < -0.4 is 5.32 Å². The molecule has 3 rings (SSSR count). The summed E-state index contributed by atoms with van der Waals surface area (Å²) in [6.45, 7) is 3.23. The molecular formula is C18H24N2S. The quantitative estimate of drug-likeness (QED) is 0.852. The van der Waals surface area contributed by atoms with E-state index >= 15 is 0 Å². The molecule has 2 nitrogen and oxygen atoms in total. The monoisotopic (exact) mass is 300 g/mol. The largest absolute Gasteiger partial charge is 0.308 e. The average molecular weight is 300 g/mol. The minimum Gasteiger partial charge on any atom is -0.308 e. The third kappa shape index (κ3) is 3.92. The molecular weight excluding hydrogens is 276 g/mol. The molecule has 1 aromatic heterocycles. The predicted molar refractivity (Wildman–Crippen MR) is 90.4 cm³/mol. The first-order valence-electron chi connectivity index (χ1n) is 8.06. The maximum Gasteiger partial charge on any atom is 0.107 e. The van der Waals surface area contributed by atoms with Crippen LogP contribution in [0.4, 0.5) is 0 Å². The molecule has 1 aromatic carbocycles. The van der Waals surface area contributed by atoms with Gasteiger partial charge in [0.1, 0.15) is 5.01 Å². The van der Waals surface area contributed by atoms with Crippen LogP contribution in [0.15, 0.2) is 35.7 Å². The second-order valence-electron chi connectivity index (χ2n) is 6.06. The molecule has 1 aliphatic rings. The van der Waals surface area contributed by atoms with E-state index in [1.165, 1.54) is 42.7 Å². The van der Waals surface area contributed by atoms with Crippen molar-refractivity contribution >= 4 is 11.3 Å². The summed E-state index contributed by atoms with van der Waals surface area (Å²) in [6, 6.07) is 11.0. The Labute approximate surface area is 131 Å². The van der Waals surface area contributed by atoms with Gasteiger partial charge < -0.3 is 5.32 Å². The zero-order valence-electron chi connectivity index (χ0n) is 12.7. The van der Waals surface area contributed by atoms with E-state index in [1.807, 2.05) is 6.07 Å². The summed E-state index contributed by atoms with van der Waals surface area (Å²) in [5.41, 5.74) is 2.31. The van der Waals surface area contributed by atoms with Crippen molar-refractivity contribution in [2.75, 3.05) is 0 Å². The second kappa shape index (κ2) is 7.19. The van der Waals surface area contributed by atoms with Crippen LogP contribution in [0, 0.1) is 5.92 Å². The standard InChI is InChI=1S/C18H24N2S/c1-14(15-8-4-2-5-9-15)19-12-18-20-17(13-21-18)16-10-6-3-7-11-16/h3,6-7,10-11,13-15,19H,2,4-5,8-9,12H2,1H3/t14-/m0/s1. The summed E-state index contributed by atoms with van der Waals surface area (Å²) in [6.07, 6.45) is 7.02. The van der Waals surface area contributed by atoms with E-state index in [2.05, 4.69) is 41.9 Å². The van der Waals surface area contributed by atoms with Crippen molar-refractivity contribution < 1.29 is 0 Å². The van der Waals surface area contributed by atoms with Crippen LogP contribution in [0.2, 0.25) is 0 Å². The van der Waals surface area contributed by atoms with Gasteiger partial charge in [0.25, 0.3) is 0 Å². The number of aromatic nitrogens is 1. The minimum absolute atomic E-state index is 0.606. The molecule has 2 aromatic rings. The van der Waals surface area contributed by atoms with Crippen molar-refractivity contribution in [2.24, 2.45) is 5.92 Å². The topological polar surface area (TPSA) is 24.9 Å². The van der Waals surface area contributed by atoms with Gasteiger partial charge in [0, 0.05) is 23.5 Å². The van der Waals surface area contributed by atoms with Gasteiger partial charge in [0.05, 0.1) is 5.69 Å². The van der Waals surface area contributed by atoms with Crippen molar-refractivity contribution in [3.8, 4) is 11.3 Å². The van der Waals surface area contributed by atoms with Gasteiger partial charge in [-0.2, -0.15) is 0 Å². The first-order chi connectivity index (χ1) is 10.3. The van der Waals surface area contributed by atoms with Crippen molar-refractivity contribution in [3.05, 3.63) is 40.7 Å². The van der Waals surface area contributed by atoms with Gasteiger partial charge in [-0.25, -0.2) is 4.98 Å². The second-order valence-corrected chi connectivity index (χ2v) is 7.00. The Morgan fingerprint density at radius 2 is 1.95 bits per heavy atom. The molecule has 3 heteroatoms. The highest BCUT2D eigenvalue weighted by atomic mass is 32.1. The summed E-state index contributed by atoms with van der Waals surface area (Å²) < 4.78 is 0. The van der Waals surface area contributed by atoms with E-state index in [1.54, 1.807) is 11.3 Å². The Hall–Kier alpha value is -1.19. The number of nitrogens with zero attached hydrogens (tertiary/aromatic N) is 1. The molecule has 0 bridgehead atoms. The van der Waals surface area contributed by atoms with E-state index < -0.39 is 0 Å². The van der Waals surface area contributed by atoms with Crippen LogP contribution in [0.3, 0.4) is 0 Å². The molecule has 1 atom stereocenters. The van der Waals surface area contributed by atoms with Gasteiger partial charge in [-0.3, -0.25) is 0 Å². The Balaban J connectivity index is 1.55. The molecule has 0 unspecified atom stereocenters. The molecule has 1 saturated carbocycles. The number of thiazole rings is 1. The molecule has 1 heterocycles. The summed E-state index contributed by atoms with van der Waals surface area (Å²) in [5, 5.41) is 7.04. The summed E-state index contributed by atoms with van der Waals surface area (Å²) in [4.78, 5) is 4.75. The predicted octanol–water partition coefficient (Wildman–Crippen LogP) is 4.87. The van der Waals surface area contributed by atoms with Crippen LogP contribution in [-0.4, -0.2) is 11.0 Å². The van der Waals surface area contributed by atoms with Crippen molar-refractivity contribution in [1.29, 1.82) is 0 Å². The van der Waals surface area contributed by atoms with Gasteiger partial charge in [-0.05, 0) is 25.7 Å². The zero-order chi connectivity index (χ0) is 14.5.